The predicted molar refractivity (Wildman–Crippen MR) is 112 cm³/mol. The van der Waals surface area contributed by atoms with Crippen LogP contribution in [0, 0.1) is 0 Å². The van der Waals surface area contributed by atoms with Gasteiger partial charge >= 0.3 is 0 Å². The molecule has 7 nitrogen and oxygen atoms in total. The summed E-state index contributed by atoms with van der Waals surface area (Å²) < 4.78 is 0.749. The summed E-state index contributed by atoms with van der Waals surface area (Å²) in [6.45, 7) is 3.47. The molecule has 142 valence electrons. The van der Waals surface area contributed by atoms with E-state index >= 15 is 0 Å². The summed E-state index contributed by atoms with van der Waals surface area (Å²) >= 11 is 5.09. The molecule has 0 fully saturated rings. The number of anilines is 3. The molecule has 0 spiro atoms. The Labute approximate surface area is 170 Å². The van der Waals surface area contributed by atoms with E-state index in [4.69, 9.17) is 0 Å². The first kappa shape index (κ1) is 19.7. The van der Waals surface area contributed by atoms with Crippen LogP contribution < -0.4 is 16.0 Å². The molecule has 0 aliphatic rings. The van der Waals surface area contributed by atoms with Gasteiger partial charge in [0.1, 0.15) is 5.82 Å². The van der Waals surface area contributed by atoms with Crippen molar-refractivity contribution in [1.29, 1.82) is 0 Å². The molecule has 3 rings (SSSR count). The summed E-state index contributed by atoms with van der Waals surface area (Å²) in [6, 6.07) is 5.97. The first-order chi connectivity index (χ1) is 13.1. The molecule has 3 heterocycles. The average molecular weight is 449 g/mol. The van der Waals surface area contributed by atoms with Gasteiger partial charge in [0.25, 0.3) is 0 Å². The fourth-order valence-electron chi connectivity index (χ4n) is 2.31. The van der Waals surface area contributed by atoms with Gasteiger partial charge in [-0.1, -0.05) is 6.07 Å². The van der Waals surface area contributed by atoms with Crippen molar-refractivity contribution < 1.29 is 5.11 Å². The molecule has 0 unspecified atom stereocenters. The number of thiophene rings is 1. The van der Waals surface area contributed by atoms with Crippen LogP contribution in [-0.4, -0.2) is 32.7 Å². The van der Waals surface area contributed by atoms with Gasteiger partial charge < -0.3 is 21.1 Å². The highest BCUT2D eigenvalue weighted by Gasteiger charge is 2.09. The van der Waals surface area contributed by atoms with E-state index in [1.165, 1.54) is 4.88 Å². The standard InChI is InChI=1S/C18H21BrN6OS/c1-12(10-26)23-17-16(19)9-22-18(25-17)24-14-5-15(27-11-14)8-21-7-13-3-2-4-20-6-13/h2-6,9,11-12,21,26H,7-8,10H2,1H3,(H2,22,23,24,25)/t12-/m1/s1. The normalized spacial score (nSPS) is 12.0. The number of halogens is 1. The zero-order valence-corrected chi connectivity index (χ0v) is 17.2. The maximum Gasteiger partial charge on any atom is 0.229 e. The van der Waals surface area contributed by atoms with Crippen molar-refractivity contribution in [2.75, 3.05) is 17.2 Å². The third-order valence-electron chi connectivity index (χ3n) is 3.66. The van der Waals surface area contributed by atoms with Crippen LogP contribution in [0.4, 0.5) is 17.5 Å². The highest BCUT2D eigenvalue weighted by atomic mass is 79.9. The monoisotopic (exact) mass is 448 g/mol. The lowest BCUT2D eigenvalue weighted by molar-refractivity contribution is 0.281. The van der Waals surface area contributed by atoms with Crippen LogP contribution in [0.15, 0.2) is 46.6 Å². The Balaban J connectivity index is 1.56. The van der Waals surface area contributed by atoms with E-state index in [2.05, 4.69) is 59.0 Å². The van der Waals surface area contributed by atoms with E-state index in [1.807, 2.05) is 24.6 Å². The molecule has 0 aromatic carbocycles. The third kappa shape index (κ3) is 5.96. The van der Waals surface area contributed by atoms with Gasteiger partial charge in [-0.2, -0.15) is 4.98 Å². The number of aliphatic hydroxyl groups excluding tert-OH is 1. The van der Waals surface area contributed by atoms with E-state index < -0.39 is 0 Å². The number of aromatic nitrogens is 3. The van der Waals surface area contributed by atoms with Gasteiger partial charge in [-0.05, 0) is 40.5 Å². The number of hydrogen-bond acceptors (Lipinski definition) is 8. The lowest BCUT2D eigenvalue weighted by Gasteiger charge is -2.13. The summed E-state index contributed by atoms with van der Waals surface area (Å²) in [6.07, 6.45) is 5.32. The van der Waals surface area contributed by atoms with Crippen LogP contribution in [0.25, 0.3) is 0 Å². The Morgan fingerprint density at radius 3 is 2.96 bits per heavy atom. The minimum Gasteiger partial charge on any atom is -0.394 e. The van der Waals surface area contributed by atoms with Gasteiger partial charge in [-0.15, -0.1) is 11.3 Å². The number of nitrogens with zero attached hydrogens (tertiary/aromatic N) is 3. The van der Waals surface area contributed by atoms with Crippen molar-refractivity contribution >= 4 is 44.7 Å². The fraction of sp³-hybridized carbons (Fsp3) is 0.278. The Bertz CT molecular complexity index is 860. The number of pyridine rings is 1. The maximum absolute atomic E-state index is 9.19. The Morgan fingerprint density at radius 1 is 1.30 bits per heavy atom. The second-order valence-corrected chi connectivity index (χ2v) is 7.86. The zero-order valence-electron chi connectivity index (χ0n) is 14.8. The Hall–Kier alpha value is -2.07. The summed E-state index contributed by atoms with van der Waals surface area (Å²) in [5, 5.41) is 21.0. The summed E-state index contributed by atoms with van der Waals surface area (Å²) in [4.78, 5) is 14.1. The Morgan fingerprint density at radius 2 is 2.19 bits per heavy atom. The van der Waals surface area contributed by atoms with E-state index in [-0.39, 0.29) is 12.6 Å². The smallest absolute Gasteiger partial charge is 0.229 e. The fourth-order valence-corrected chi connectivity index (χ4v) is 3.40. The van der Waals surface area contributed by atoms with Crippen LogP contribution in [0.3, 0.4) is 0 Å². The molecule has 3 aromatic rings. The molecule has 27 heavy (non-hydrogen) atoms. The molecule has 0 saturated carbocycles. The van der Waals surface area contributed by atoms with Crippen LogP contribution in [-0.2, 0) is 13.1 Å². The minimum atomic E-state index is -0.0947. The highest BCUT2D eigenvalue weighted by molar-refractivity contribution is 9.10. The van der Waals surface area contributed by atoms with Gasteiger partial charge in [-0.3, -0.25) is 4.98 Å². The number of nitrogens with one attached hydrogen (secondary N) is 3. The first-order valence-corrected chi connectivity index (χ1v) is 10.2. The van der Waals surface area contributed by atoms with Crippen molar-refractivity contribution in [3.8, 4) is 0 Å². The van der Waals surface area contributed by atoms with E-state index in [0.29, 0.717) is 11.8 Å². The maximum atomic E-state index is 9.19. The third-order valence-corrected chi connectivity index (χ3v) is 5.18. The van der Waals surface area contributed by atoms with Crippen LogP contribution in [0.5, 0.6) is 0 Å². The van der Waals surface area contributed by atoms with Crippen molar-refractivity contribution in [3.63, 3.8) is 0 Å². The quantitative estimate of drug-likeness (QED) is 0.397. The number of hydrogen-bond donors (Lipinski definition) is 4. The van der Waals surface area contributed by atoms with Crippen LogP contribution in [0.1, 0.15) is 17.4 Å². The van der Waals surface area contributed by atoms with E-state index in [0.717, 1.165) is 28.8 Å². The van der Waals surface area contributed by atoms with Crippen LogP contribution in [0.2, 0.25) is 0 Å². The molecule has 4 N–H and O–H groups in total. The predicted octanol–water partition coefficient (Wildman–Crippen LogP) is 3.52. The second-order valence-electron chi connectivity index (χ2n) is 6.01. The molecular formula is C18H21BrN6OS. The lowest BCUT2D eigenvalue weighted by Crippen LogP contribution is -2.20. The first-order valence-electron chi connectivity index (χ1n) is 8.48. The number of rotatable bonds is 9. The van der Waals surface area contributed by atoms with Gasteiger partial charge in [0.05, 0.1) is 16.8 Å². The van der Waals surface area contributed by atoms with Crippen LogP contribution >= 0.6 is 27.3 Å². The molecular weight excluding hydrogens is 428 g/mol. The zero-order chi connectivity index (χ0) is 19.1. The van der Waals surface area contributed by atoms with Gasteiger partial charge in [0.15, 0.2) is 0 Å². The SMILES string of the molecule is C[C@H](CO)Nc1nc(Nc2csc(CNCc3cccnc3)c2)ncc1Br. The molecule has 0 bridgehead atoms. The number of aliphatic hydroxyl groups is 1. The van der Waals surface area contributed by atoms with Crippen molar-refractivity contribution in [2.45, 2.75) is 26.1 Å². The summed E-state index contributed by atoms with van der Waals surface area (Å²) in [7, 11) is 0. The molecule has 9 heteroatoms. The Kier molecular flexibility index (Phi) is 7.11. The molecule has 1 atom stereocenters. The average Bonchev–Trinajstić information content (AvgIpc) is 3.12. The molecule has 0 saturated heterocycles. The van der Waals surface area contributed by atoms with Gasteiger partial charge in [-0.25, -0.2) is 4.98 Å². The molecule has 3 aromatic heterocycles. The summed E-state index contributed by atoms with van der Waals surface area (Å²) in [5.41, 5.74) is 2.11. The van der Waals surface area contributed by atoms with Gasteiger partial charge in [0.2, 0.25) is 5.95 Å². The lowest BCUT2D eigenvalue weighted by atomic mass is 10.3. The van der Waals surface area contributed by atoms with Crippen molar-refractivity contribution in [3.05, 3.63) is 57.1 Å². The largest absolute Gasteiger partial charge is 0.394 e. The molecule has 0 radical (unpaired) electrons. The molecule has 0 amide bonds. The molecule has 0 aliphatic carbocycles. The highest BCUT2D eigenvalue weighted by Crippen LogP contribution is 2.25. The van der Waals surface area contributed by atoms with Crippen molar-refractivity contribution in [1.82, 2.24) is 20.3 Å². The van der Waals surface area contributed by atoms with E-state index in [9.17, 15) is 5.11 Å². The van der Waals surface area contributed by atoms with E-state index in [1.54, 1.807) is 23.7 Å². The minimum absolute atomic E-state index is 0.0269. The topological polar surface area (TPSA) is 95.0 Å². The molecule has 0 aliphatic heterocycles. The van der Waals surface area contributed by atoms with Gasteiger partial charge in [0, 0.05) is 48.0 Å². The second kappa shape index (κ2) is 9.75. The summed E-state index contributed by atoms with van der Waals surface area (Å²) in [5.74, 6) is 1.14. The van der Waals surface area contributed by atoms with Crippen molar-refractivity contribution in [2.24, 2.45) is 0 Å².